The van der Waals surface area contributed by atoms with E-state index in [2.05, 4.69) is 5.32 Å². The molecule has 0 heterocycles. The lowest BCUT2D eigenvalue weighted by atomic mass is 10.0. The van der Waals surface area contributed by atoms with Crippen LogP contribution in [-0.4, -0.2) is 29.8 Å². The summed E-state index contributed by atoms with van der Waals surface area (Å²) in [5.41, 5.74) is 0.00945. The van der Waals surface area contributed by atoms with Crippen LogP contribution >= 0.6 is 23.2 Å². The van der Waals surface area contributed by atoms with Gasteiger partial charge in [0.15, 0.2) is 0 Å². The first kappa shape index (κ1) is 16.1. The van der Waals surface area contributed by atoms with E-state index >= 15 is 0 Å². The normalized spacial score (nSPS) is 11.2. The van der Waals surface area contributed by atoms with Crippen molar-refractivity contribution in [3.05, 3.63) is 29.8 Å². The minimum atomic E-state index is -0.557. The number of alkyl halides is 2. The summed E-state index contributed by atoms with van der Waals surface area (Å²) in [6, 6.07) is 6.99. The molecule has 19 heavy (non-hydrogen) atoms. The molecule has 0 aliphatic carbocycles. The molecule has 1 rings (SSSR count). The Morgan fingerprint density at radius 2 is 1.79 bits per heavy atom. The minimum absolute atomic E-state index is 0.175. The van der Waals surface area contributed by atoms with Crippen molar-refractivity contribution in [2.45, 2.75) is 25.8 Å². The number of ether oxygens (including phenoxy) is 1. The molecule has 0 bridgehead atoms. The van der Waals surface area contributed by atoms with E-state index in [0.29, 0.717) is 18.6 Å². The molecule has 0 aromatic heterocycles. The van der Waals surface area contributed by atoms with Crippen LogP contribution in [-0.2, 0) is 0 Å². The molecule has 0 saturated heterocycles. The number of rotatable bonds is 7. The third-order valence-electron chi connectivity index (χ3n) is 2.99. The van der Waals surface area contributed by atoms with Crippen LogP contribution in [0.3, 0.4) is 0 Å². The van der Waals surface area contributed by atoms with Gasteiger partial charge in [-0.05, 0) is 37.6 Å². The van der Waals surface area contributed by atoms with E-state index in [4.69, 9.17) is 27.9 Å². The molecule has 0 aliphatic heterocycles. The lowest BCUT2D eigenvalue weighted by Crippen LogP contribution is -2.51. The summed E-state index contributed by atoms with van der Waals surface area (Å²) in [6.45, 7) is 4.46. The molecular formula is C14H19Cl2NO2. The highest BCUT2D eigenvalue weighted by atomic mass is 35.5. The molecule has 1 aromatic carbocycles. The highest BCUT2D eigenvalue weighted by Crippen LogP contribution is 2.17. The number of carbonyl (C=O) groups is 1. The van der Waals surface area contributed by atoms with Gasteiger partial charge >= 0.3 is 0 Å². The van der Waals surface area contributed by atoms with Gasteiger partial charge in [-0.2, -0.15) is 0 Å². The average molecular weight is 304 g/mol. The summed E-state index contributed by atoms with van der Waals surface area (Å²) in [4.78, 5) is 12.1. The van der Waals surface area contributed by atoms with Crippen LogP contribution in [0.2, 0.25) is 0 Å². The second-order valence-corrected chi connectivity index (χ2v) is 4.85. The van der Waals surface area contributed by atoms with Crippen LogP contribution < -0.4 is 10.1 Å². The van der Waals surface area contributed by atoms with Crippen LogP contribution in [0.5, 0.6) is 5.75 Å². The van der Waals surface area contributed by atoms with Crippen LogP contribution in [0.15, 0.2) is 24.3 Å². The molecule has 1 aromatic rings. The number of nitrogens with one attached hydrogen (secondary N) is 1. The summed E-state index contributed by atoms with van der Waals surface area (Å²) in [5, 5.41) is 2.90. The topological polar surface area (TPSA) is 38.3 Å². The SMILES string of the molecule is CCOc1ccc(C(=O)NC(CC)(CCl)CCl)cc1. The van der Waals surface area contributed by atoms with E-state index in [0.717, 1.165) is 5.75 Å². The molecule has 0 atom stereocenters. The molecule has 0 fully saturated rings. The third kappa shape index (κ3) is 4.29. The zero-order valence-electron chi connectivity index (χ0n) is 11.2. The number of carbonyl (C=O) groups excluding carboxylic acids is 1. The summed E-state index contributed by atoms with van der Waals surface area (Å²) < 4.78 is 5.33. The zero-order chi connectivity index (χ0) is 14.3. The Kier molecular flexibility index (Phi) is 6.46. The Morgan fingerprint density at radius 3 is 2.21 bits per heavy atom. The van der Waals surface area contributed by atoms with Crippen molar-refractivity contribution in [2.75, 3.05) is 18.4 Å². The Labute approximate surface area is 124 Å². The van der Waals surface area contributed by atoms with Crippen LogP contribution in [0.4, 0.5) is 0 Å². The van der Waals surface area contributed by atoms with Gasteiger partial charge in [0.2, 0.25) is 0 Å². The lowest BCUT2D eigenvalue weighted by molar-refractivity contribution is 0.0913. The number of amides is 1. The predicted molar refractivity (Wildman–Crippen MR) is 79.5 cm³/mol. The van der Waals surface area contributed by atoms with E-state index in [1.165, 1.54) is 0 Å². The number of benzene rings is 1. The summed E-state index contributed by atoms with van der Waals surface area (Å²) >= 11 is 11.8. The molecule has 0 radical (unpaired) electrons. The fourth-order valence-corrected chi connectivity index (χ4v) is 2.36. The molecule has 0 spiro atoms. The highest BCUT2D eigenvalue weighted by Gasteiger charge is 2.28. The smallest absolute Gasteiger partial charge is 0.251 e. The van der Waals surface area contributed by atoms with Gasteiger partial charge in [-0.25, -0.2) is 0 Å². The molecule has 3 nitrogen and oxygen atoms in total. The van der Waals surface area contributed by atoms with Crippen LogP contribution in [0.25, 0.3) is 0 Å². The van der Waals surface area contributed by atoms with Crippen molar-refractivity contribution in [3.8, 4) is 5.75 Å². The van der Waals surface area contributed by atoms with E-state index in [-0.39, 0.29) is 17.7 Å². The van der Waals surface area contributed by atoms with Gasteiger partial charge < -0.3 is 10.1 Å². The second-order valence-electron chi connectivity index (χ2n) is 4.31. The van der Waals surface area contributed by atoms with Crippen LogP contribution in [0, 0.1) is 0 Å². The molecule has 5 heteroatoms. The molecular weight excluding hydrogens is 285 g/mol. The van der Waals surface area contributed by atoms with E-state index in [9.17, 15) is 4.79 Å². The van der Waals surface area contributed by atoms with Crippen molar-refractivity contribution >= 4 is 29.1 Å². The van der Waals surface area contributed by atoms with Crippen LogP contribution in [0.1, 0.15) is 30.6 Å². The highest BCUT2D eigenvalue weighted by molar-refractivity contribution is 6.22. The largest absolute Gasteiger partial charge is 0.494 e. The second kappa shape index (κ2) is 7.61. The molecule has 1 amide bonds. The fraction of sp³-hybridized carbons (Fsp3) is 0.500. The maximum atomic E-state index is 12.1. The summed E-state index contributed by atoms with van der Waals surface area (Å²) in [7, 11) is 0. The van der Waals surface area contributed by atoms with E-state index in [1.807, 2.05) is 13.8 Å². The van der Waals surface area contributed by atoms with Crippen molar-refractivity contribution < 1.29 is 9.53 Å². The first-order valence-corrected chi connectivity index (χ1v) is 7.35. The molecule has 1 N–H and O–H groups in total. The maximum absolute atomic E-state index is 12.1. The van der Waals surface area contributed by atoms with Gasteiger partial charge in [-0.3, -0.25) is 4.79 Å². The first-order chi connectivity index (χ1) is 9.10. The van der Waals surface area contributed by atoms with Crippen molar-refractivity contribution in [1.29, 1.82) is 0 Å². The van der Waals surface area contributed by atoms with Crippen molar-refractivity contribution in [1.82, 2.24) is 5.32 Å². The van der Waals surface area contributed by atoms with E-state index in [1.54, 1.807) is 24.3 Å². The summed E-state index contributed by atoms with van der Waals surface area (Å²) in [6.07, 6.45) is 0.683. The summed E-state index contributed by atoms with van der Waals surface area (Å²) in [5.74, 6) is 1.15. The van der Waals surface area contributed by atoms with Gasteiger partial charge in [0.1, 0.15) is 5.75 Å². The maximum Gasteiger partial charge on any atom is 0.251 e. The van der Waals surface area contributed by atoms with Crippen molar-refractivity contribution in [2.24, 2.45) is 0 Å². The quantitative estimate of drug-likeness (QED) is 0.784. The van der Waals surface area contributed by atoms with Gasteiger partial charge in [0.05, 0.1) is 12.1 Å². The molecule has 106 valence electrons. The Morgan fingerprint density at radius 1 is 1.21 bits per heavy atom. The van der Waals surface area contributed by atoms with E-state index < -0.39 is 5.54 Å². The fourth-order valence-electron chi connectivity index (χ4n) is 1.56. The van der Waals surface area contributed by atoms with Gasteiger partial charge in [-0.15, -0.1) is 23.2 Å². The Hall–Kier alpha value is -0.930. The number of hydrogen-bond donors (Lipinski definition) is 1. The molecule has 0 saturated carbocycles. The average Bonchev–Trinajstić information content (AvgIpc) is 2.46. The lowest BCUT2D eigenvalue weighted by Gasteiger charge is -2.29. The minimum Gasteiger partial charge on any atom is -0.494 e. The Balaban J connectivity index is 2.77. The van der Waals surface area contributed by atoms with Crippen molar-refractivity contribution in [3.63, 3.8) is 0 Å². The number of halogens is 2. The third-order valence-corrected chi connectivity index (χ3v) is 4.02. The predicted octanol–water partition coefficient (Wildman–Crippen LogP) is 3.44. The standard InChI is InChI=1S/C14H19Cl2NO2/c1-3-14(9-15,10-16)17-13(18)11-5-7-12(8-6-11)19-4-2/h5-8H,3-4,9-10H2,1-2H3,(H,17,18). The van der Waals surface area contributed by atoms with Gasteiger partial charge in [-0.1, -0.05) is 6.92 Å². The molecule has 0 aliphatic rings. The van der Waals surface area contributed by atoms with Gasteiger partial charge in [0.25, 0.3) is 5.91 Å². The zero-order valence-corrected chi connectivity index (χ0v) is 12.7. The Bertz CT molecular complexity index is 394. The van der Waals surface area contributed by atoms with Gasteiger partial charge in [0, 0.05) is 17.3 Å². The monoisotopic (exact) mass is 303 g/mol. The number of hydrogen-bond acceptors (Lipinski definition) is 2. The first-order valence-electron chi connectivity index (χ1n) is 6.28. The molecule has 0 unspecified atom stereocenters.